The van der Waals surface area contributed by atoms with Crippen LogP contribution in [-0.2, 0) is 0 Å². The van der Waals surface area contributed by atoms with E-state index in [2.05, 4.69) is 0 Å². The molecule has 0 saturated carbocycles. The molecule has 2 heterocycles. The summed E-state index contributed by atoms with van der Waals surface area (Å²) in [5, 5.41) is 9.55. The van der Waals surface area contributed by atoms with Gasteiger partial charge in [-0.15, -0.1) is 0 Å². The molecule has 2 saturated heterocycles. The van der Waals surface area contributed by atoms with Crippen molar-refractivity contribution in [3.05, 3.63) is 35.1 Å². The van der Waals surface area contributed by atoms with E-state index >= 15 is 0 Å². The Bertz CT molecular complexity index is 515. The van der Waals surface area contributed by atoms with E-state index in [4.69, 9.17) is 0 Å². The van der Waals surface area contributed by atoms with Gasteiger partial charge in [0, 0.05) is 24.5 Å². The van der Waals surface area contributed by atoms with Crippen LogP contribution in [0.15, 0.2) is 12.1 Å². The molecule has 20 heavy (non-hydrogen) atoms. The van der Waals surface area contributed by atoms with Crippen molar-refractivity contribution < 1.29 is 22.7 Å². The van der Waals surface area contributed by atoms with E-state index in [-0.39, 0.29) is 25.6 Å². The molecule has 0 unspecified atom stereocenters. The van der Waals surface area contributed by atoms with Crippen LogP contribution in [0.4, 0.5) is 17.6 Å². The molecule has 0 bridgehead atoms. The normalized spacial score (nSPS) is 33.6. The van der Waals surface area contributed by atoms with Gasteiger partial charge in [0.15, 0.2) is 17.5 Å². The highest BCUT2D eigenvalue weighted by molar-refractivity contribution is 5.26. The molecule has 0 radical (unpaired) electrons. The van der Waals surface area contributed by atoms with Gasteiger partial charge >= 0.3 is 0 Å². The van der Waals surface area contributed by atoms with Gasteiger partial charge in [-0.3, -0.25) is 4.90 Å². The highest BCUT2D eigenvalue weighted by atomic mass is 19.2. The maximum absolute atomic E-state index is 13.6. The summed E-state index contributed by atoms with van der Waals surface area (Å²) in [4.78, 5) is 1.77. The molecule has 0 aromatic heterocycles. The van der Waals surface area contributed by atoms with Crippen molar-refractivity contribution in [2.24, 2.45) is 0 Å². The maximum Gasteiger partial charge on any atom is 0.194 e. The predicted molar refractivity (Wildman–Crippen MR) is 64.3 cm³/mol. The van der Waals surface area contributed by atoms with Crippen molar-refractivity contribution in [2.45, 2.75) is 37.0 Å². The van der Waals surface area contributed by atoms with Gasteiger partial charge in [0.1, 0.15) is 6.17 Å². The molecule has 0 aliphatic carbocycles. The predicted octanol–water partition coefficient (Wildman–Crippen LogP) is 2.71. The first-order valence-corrected chi connectivity index (χ1v) is 6.63. The molecule has 2 fully saturated rings. The van der Waals surface area contributed by atoms with Gasteiger partial charge in [0.05, 0.1) is 6.61 Å². The van der Waals surface area contributed by atoms with Gasteiger partial charge in [-0.05, 0) is 30.5 Å². The zero-order chi connectivity index (χ0) is 14.5. The number of hydrogen-bond donors (Lipinski definition) is 1. The second kappa shape index (κ2) is 4.70. The van der Waals surface area contributed by atoms with E-state index in [1.54, 1.807) is 4.90 Å². The van der Waals surface area contributed by atoms with Crippen LogP contribution in [0, 0.1) is 17.5 Å². The Labute approximate surface area is 114 Å². The average Bonchev–Trinajstić information content (AvgIpc) is 2.90. The minimum Gasteiger partial charge on any atom is -0.394 e. The first-order valence-electron chi connectivity index (χ1n) is 6.63. The number of aliphatic hydroxyl groups is 1. The number of fused-ring (bicyclic) bond motifs is 1. The Kier molecular flexibility index (Phi) is 3.25. The van der Waals surface area contributed by atoms with Crippen LogP contribution < -0.4 is 0 Å². The lowest BCUT2D eigenvalue weighted by Crippen LogP contribution is -2.42. The van der Waals surface area contributed by atoms with Crippen LogP contribution in [0.1, 0.15) is 30.9 Å². The first-order chi connectivity index (χ1) is 9.47. The molecule has 3 atom stereocenters. The number of halogens is 4. The largest absolute Gasteiger partial charge is 0.394 e. The molecule has 6 heteroatoms. The summed E-state index contributed by atoms with van der Waals surface area (Å²) < 4.78 is 53.3. The zero-order valence-electron chi connectivity index (χ0n) is 10.8. The second-order valence-corrected chi connectivity index (χ2v) is 5.69. The van der Waals surface area contributed by atoms with Crippen LogP contribution >= 0.6 is 0 Å². The van der Waals surface area contributed by atoms with Crippen LogP contribution in [0.2, 0.25) is 0 Å². The fraction of sp³-hybridized carbons (Fsp3) is 0.571. The monoisotopic (exact) mass is 289 g/mol. The molecule has 2 aliphatic rings. The van der Waals surface area contributed by atoms with Crippen molar-refractivity contribution in [3.8, 4) is 0 Å². The van der Waals surface area contributed by atoms with Crippen molar-refractivity contribution in [3.63, 3.8) is 0 Å². The summed E-state index contributed by atoms with van der Waals surface area (Å²) in [6.45, 7) is -0.0537. The minimum atomic E-state index is -1.50. The smallest absolute Gasteiger partial charge is 0.194 e. The Morgan fingerprint density at radius 3 is 2.50 bits per heavy atom. The van der Waals surface area contributed by atoms with Crippen molar-refractivity contribution in [1.82, 2.24) is 4.90 Å². The summed E-state index contributed by atoms with van der Waals surface area (Å²) >= 11 is 0. The van der Waals surface area contributed by atoms with E-state index in [9.17, 15) is 22.7 Å². The molecule has 110 valence electrons. The van der Waals surface area contributed by atoms with Crippen molar-refractivity contribution in [2.75, 3.05) is 13.2 Å². The highest BCUT2D eigenvalue weighted by Crippen LogP contribution is 2.49. The van der Waals surface area contributed by atoms with E-state index in [0.717, 1.165) is 12.1 Å². The number of aliphatic hydroxyl groups excluding tert-OH is 1. The lowest BCUT2D eigenvalue weighted by molar-refractivity contribution is 0.0774. The molecule has 3 rings (SSSR count). The Balaban J connectivity index is 1.96. The summed E-state index contributed by atoms with van der Waals surface area (Å²) in [6.07, 6.45) is 0.305. The lowest BCUT2D eigenvalue weighted by atomic mass is 9.94. The van der Waals surface area contributed by atoms with E-state index in [0.29, 0.717) is 18.4 Å². The third kappa shape index (κ3) is 1.93. The number of hydrogen-bond acceptors (Lipinski definition) is 2. The maximum atomic E-state index is 13.6. The third-order valence-corrected chi connectivity index (χ3v) is 4.55. The minimum absolute atomic E-state index is 0.131. The summed E-state index contributed by atoms with van der Waals surface area (Å²) in [7, 11) is 0. The van der Waals surface area contributed by atoms with Gasteiger partial charge in [-0.1, -0.05) is 0 Å². The van der Waals surface area contributed by atoms with Gasteiger partial charge in [-0.2, -0.15) is 0 Å². The molecular formula is C14H15F4NO. The molecule has 1 N–H and O–H groups in total. The van der Waals surface area contributed by atoms with Crippen molar-refractivity contribution >= 4 is 0 Å². The summed E-state index contributed by atoms with van der Waals surface area (Å²) in [5.74, 6) is -3.97. The van der Waals surface area contributed by atoms with Crippen LogP contribution in [0.5, 0.6) is 0 Å². The summed E-state index contributed by atoms with van der Waals surface area (Å²) in [5.41, 5.74) is -0.350. The number of alkyl halides is 1. The van der Waals surface area contributed by atoms with Gasteiger partial charge in [0.2, 0.25) is 0 Å². The number of benzene rings is 1. The molecule has 1 aromatic carbocycles. The van der Waals surface area contributed by atoms with Crippen LogP contribution in [0.25, 0.3) is 0 Å². The van der Waals surface area contributed by atoms with Crippen LogP contribution in [0.3, 0.4) is 0 Å². The lowest BCUT2D eigenvalue weighted by Gasteiger charge is -2.33. The Hall–Kier alpha value is -1.14. The van der Waals surface area contributed by atoms with E-state index in [1.807, 2.05) is 0 Å². The van der Waals surface area contributed by atoms with Gasteiger partial charge in [-0.25, -0.2) is 17.6 Å². The Morgan fingerprint density at radius 2 is 1.90 bits per heavy atom. The number of rotatable bonds is 2. The number of nitrogens with zero attached hydrogens (tertiary/aromatic N) is 1. The first kappa shape index (κ1) is 13.8. The molecular weight excluding hydrogens is 274 g/mol. The zero-order valence-corrected chi connectivity index (χ0v) is 10.8. The average molecular weight is 289 g/mol. The van der Waals surface area contributed by atoms with Crippen molar-refractivity contribution in [1.29, 1.82) is 0 Å². The quantitative estimate of drug-likeness (QED) is 0.668. The van der Waals surface area contributed by atoms with E-state index < -0.39 is 29.2 Å². The fourth-order valence-electron chi connectivity index (χ4n) is 3.61. The third-order valence-electron chi connectivity index (χ3n) is 4.55. The topological polar surface area (TPSA) is 23.5 Å². The summed E-state index contributed by atoms with van der Waals surface area (Å²) in [6, 6.07) is 1.54. The van der Waals surface area contributed by atoms with Gasteiger partial charge in [0.25, 0.3) is 0 Å². The molecule has 0 spiro atoms. The molecule has 0 amide bonds. The second-order valence-electron chi connectivity index (χ2n) is 5.69. The Morgan fingerprint density at radius 1 is 1.25 bits per heavy atom. The highest BCUT2D eigenvalue weighted by Gasteiger charge is 2.52. The molecule has 1 aromatic rings. The van der Waals surface area contributed by atoms with E-state index in [1.165, 1.54) is 0 Å². The SMILES string of the molecule is OC[C@@]12CC[C@@H](c3cc(F)c(F)c(F)c3)N1C[C@H](F)C2. The molecule has 2 nitrogen and oxygen atoms in total. The molecule has 2 aliphatic heterocycles. The fourth-order valence-corrected chi connectivity index (χ4v) is 3.61. The van der Waals surface area contributed by atoms with Gasteiger partial charge < -0.3 is 5.11 Å². The van der Waals surface area contributed by atoms with Crippen LogP contribution in [-0.4, -0.2) is 34.9 Å². The standard InChI is InChI=1S/C14H15F4NO/c15-9-5-14(7-20)2-1-12(19(14)6-9)8-3-10(16)13(18)11(17)4-8/h3-4,9,12,20H,1-2,5-7H2/t9-,12+,14+/m1/s1.